The van der Waals surface area contributed by atoms with Crippen molar-refractivity contribution in [3.05, 3.63) is 64.4 Å². The van der Waals surface area contributed by atoms with E-state index in [0.717, 1.165) is 5.56 Å². The van der Waals surface area contributed by atoms with Gasteiger partial charge in [-0.25, -0.2) is 4.39 Å². The average molecular weight is 394 g/mol. The van der Waals surface area contributed by atoms with Gasteiger partial charge in [0.1, 0.15) is 11.6 Å². The number of methoxy groups -OCH3 is 1. The number of amides is 1. The molecule has 0 fully saturated rings. The predicted molar refractivity (Wildman–Crippen MR) is 100 cm³/mol. The summed E-state index contributed by atoms with van der Waals surface area (Å²) in [7, 11) is 1.50. The minimum Gasteiger partial charge on any atom is -0.496 e. The summed E-state index contributed by atoms with van der Waals surface area (Å²) >= 11 is 5.94. The molecule has 0 radical (unpaired) electrons. The monoisotopic (exact) mass is 393 g/mol. The molecule has 1 amide bonds. The topological polar surface area (TPSA) is 64.6 Å². The Kier molecular flexibility index (Phi) is 7.61. The smallest absolute Gasteiger partial charge is 0.311 e. The van der Waals surface area contributed by atoms with Crippen LogP contribution >= 0.6 is 11.6 Å². The SMILES string of the molecule is COc1ccc(Cl)cc1CC(=O)O[C@H](C)C(=O)NCCc1ccc(F)cc1. The molecular weight excluding hydrogens is 373 g/mol. The second kappa shape index (κ2) is 9.92. The molecule has 5 nitrogen and oxygen atoms in total. The van der Waals surface area contributed by atoms with E-state index < -0.39 is 18.0 Å². The summed E-state index contributed by atoms with van der Waals surface area (Å²) in [4.78, 5) is 24.2. The number of hydrogen-bond acceptors (Lipinski definition) is 4. The summed E-state index contributed by atoms with van der Waals surface area (Å²) in [5.74, 6) is -0.743. The van der Waals surface area contributed by atoms with Crippen LogP contribution in [0.15, 0.2) is 42.5 Å². The summed E-state index contributed by atoms with van der Waals surface area (Å²) in [5.41, 5.74) is 1.48. The number of esters is 1. The van der Waals surface area contributed by atoms with Crippen LogP contribution in [0, 0.1) is 5.82 Å². The Bertz CT molecular complexity index is 795. The van der Waals surface area contributed by atoms with Crippen LogP contribution in [0.1, 0.15) is 18.1 Å². The molecule has 0 aliphatic heterocycles. The Hall–Kier alpha value is -2.60. The molecule has 2 aromatic rings. The third-order valence-electron chi connectivity index (χ3n) is 3.88. The van der Waals surface area contributed by atoms with Crippen LogP contribution in [0.4, 0.5) is 4.39 Å². The van der Waals surface area contributed by atoms with Gasteiger partial charge in [0.05, 0.1) is 13.5 Å². The Morgan fingerprint density at radius 2 is 1.89 bits per heavy atom. The highest BCUT2D eigenvalue weighted by Gasteiger charge is 2.19. The molecule has 7 heteroatoms. The van der Waals surface area contributed by atoms with Crippen molar-refractivity contribution in [2.24, 2.45) is 0 Å². The molecule has 0 bridgehead atoms. The number of carbonyl (C=O) groups excluding carboxylic acids is 2. The van der Waals surface area contributed by atoms with E-state index in [1.165, 1.54) is 26.2 Å². The standard InChI is InChI=1S/C20H21ClFNO4/c1-13(20(25)23-10-9-14-3-6-17(22)7-4-14)27-19(24)12-15-11-16(21)5-8-18(15)26-2/h3-8,11,13H,9-10,12H2,1-2H3,(H,23,25)/t13-/m1/s1. The Labute approximate surface area is 162 Å². The summed E-state index contributed by atoms with van der Waals surface area (Å²) in [6.45, 7) is 1.86. The molecule has 0 aliphatic carbocycles. The third-order valence-corrected chi connectivity index (χ3v) is 4.12. The van der Waals surface area contributed by atoms with Crippen LogP contribution in [-0.2, 0) is 27.2 Å². The fourth-order valence-electron chi connectivity index (χ4n) is 2.46. The molecule has 0 saturated heterocycles. The van der Waals surface area contributed by atoms with Crippen molar-refractivity contribution in [2.75, 3.05) is 13.7 Å². The minimum atomic E-state index is -0.934. The normalized spacial score (nSPS) is 11.6. The van der Waals surface area contributed by atoms with Gasteiger partial charge in [-0.2, -0.15) is 0 Å². The molecule has 0 unspecified atom stereocenters. The van der Waals surface area contributed by atoms with E-state index >= 15 is 0 Å². The van der Waals surface area contributed by atoms with Crippen molar-refractivity contribution in [1.82, 2.24) is 5.32 Å². The van der Waals surface area contributed by atoms with Crippen LogP contribution < -0.4 is 10.1 Å². The number of halogens is 2. The number of carbonyl (C=O) groups is 2. The summed E-state index contributed by atoms with van der Waals surface area (Å²) in [5, 5.41) is 3.17. The van der Waals surface area contributed by atoms with E-state index in [9.17, 15) is 14.0 Å². The van der Waals surface area contributed by atoms with Gasteiger partial charge in [-0.15, -0.1) is 0 Å². The Morgan fingerprint density at radius 1 is 1.19 bits per heavy atom. The highest BCUT2D eigenvalue weighted by Crippen LogP contribution is 2.23. The zero-order valence-electron chi connectivity index (χ0n) is 15.1. The Morgan fingerprint density at radius 3 is 2.56 bits per heavy atom. The van der Waals surface area contributed by atoms with Gasteiger partial charge in [-0.1, -0.05) is 23.7 Å². The number of hydrogen-bond donors (Lipinski definition) is 1. The molecule has 0 heterocycles. The molecule has 0 saturated carbocycles. The van der Waals surface area contributed by atoms with Crippen molar-refractivity contribution in [3.8, 4) is 5.75 Å². The third kappa shape index (κ3) is 6.57. The summed E-state index contributed by atoms with van der Waals surface area (Å²) in [6.07, 6.45) is -0.445. The van der Waals surface area contributed by atoms with Gasteiger partial charge in [-0.05, 0) is 49.2 Å². The highest BCUT2D eigenvalue weighted by atomic mass is 35.5. The molecule has 0 aromatic heterocycles. The fourth-order valence-corrected chi connectivity index (χ4v) is 2.65. The maximum Gasteiger partial charge on any atom is 0.311 e. The Balaban J connectivity index is 1.80. The van der Waals surface area contributed by atoms with Crippen LogP contribution in [0.5, 0.6) is 5.75 Å². The van der Waals surface area contributed by atoms with Gasteiger partial charge >= 0.3 is 5.97 Å². The van der Waals surface area contributed by atoms with Crippen LogP contribution in [0.2, 0.25) is 5.02 Å². The van der Waals surface area contributed by atoms with E-state index in [1.54, 1.807) is 30.3 Å². The zero-order valence-corrected chi connectivity index (χ0v) is 15.9. The molecule has 1 N–H and O–H groups in total. The zero-order chi connectivity index (χ0) is 19.8. The molecule has 0 aliphatic rings. The summed E-state index contributed by atoms with van der Waals surface area (Å²) in [6, 6.07) is 11.0. The highest BCUT2D eigenvalue weighted by molar-refractivity contribution is 6.30. The van der Waals surface area contributed by atoms with Crippen LogP contribution in [0.3, 0.4) is 0 Å². The average Bonchev–Trinajstić information content (AvgIpc) is 2.63. The molecule has 2 rings (SSSR count). The maximum atomic E-state index is 12.9. The van der Waals surface area contributed by atoms with E-state index in [4.69, 9.17) is 21.1 Å². The number of rotatable bonds is 8. The van der Waals surface area contributed by atoms with Gasteiger partial charge in [0, 0.05) is 17.1 Å². The van der Waals surface area contributed by atoms with E-state index in [2.05, 4.69) is 5.32 Å². The lowest BCUT2D eigenvalue weighted by molar-refractivity contribution is -0.154. The lowest BCUT2D eigenvalue weighted by Crippen LogP contribution is -2.37. The minimum absolute atomic E-state index is 0.0586. The predicted octanol–water partition coefficient (Wildman–Crippen LogP) is 3.32. The van der Waals surface area contributed by atoms with E-state index in [1.807, 2.05) is 0 Å². The maximum absolute atomic E-state index is 12.9. The van der Waals surface area contributed by atoms with Gasteiger partial charge in [0.25, 0.3) is 5.91 Å². The second-order valence-corrected chi connectivity index (χ2v) is 6.37. The number of nitrogens with one attached hydrogen (secondary N) is 1. The van der Waals surface area contributed by atoms with Crippen molar-refractivity contribution < 1.29 is 23.5 Å². The number of benzene rings is 2. The first-order chi connectivity index (χ1) is 12.9. The van der Waals surface area contributed by atoms with Crippen molar-refractivity contribution >= 4 is 23.5 Å². The molecular formula is C20H21ClFNO4. The van der Waals surface area contributed by atoms with Crippen molar-refractivity contribution in [3.63, 3.8) is 0 Å². The fraction of sp³-hybridized carbons (Fsp3) is 0.300. The molecule has 1 atom stereocenters. The van der Waals surface area contributed by atoms with Crippen molar-refractivity contribution in [1.29, 1.82) is 0 Å². The molecule has 0 spiro atoms. The van der Waals surface area contributed by atoms with E-state index in [-0.39, 0.29) is 12.2 Å². The quantitative estimate of drug-likeness (QED) is 0.699. The van der Waals surface area contributed by atoms with Gasteiger partial charge in [0.2, 0.25) is 0 Å². The van der Waals surface area contributed by atoms with Crippen molar-refractivity contribution in [2.45, 2.75) is 25.9 Å². The molecule has 144 valence electrons. The molecule has 2 aromatic carbocycles. The molecule has 27 heavy (non-hydrogen) atoms. The van der Waals surface area contributed by atoms with Gasteiger partial charge in [0.15, 0.2) is 6.10 Å². The van der Waals surface area contributed by atoms with Gasteiger partial charge < -0.3 is 14.8 Å². The second-order valence-electron chi connectivity index (χ2n) is 5.93. The largest absolute Gasteiger partial charge is 0.496 e. The summed E-state index contributed by atoms with van der Waals surface area (Å²) < 4.78 is 23.2. The first-order valence-corrected chi connectivity index (χ1v) is 8.81. The first kappa shape index (κ1) is 20.7. The van der Waals surface area contributed by atoms with Crippen LogP contribution in [-0.4, -0.2) is 31.6 Å². The first-order valence-electron chi connectivity index (χ1n) is 8.43. The number of ether oxygens (including phenoxy) is 2. The lowest BCUT2D eigenvalue weighted by atomic mass is 10.1. The van der Waals surface area contributed by atoms with Gasteiger partial charge in [-0.3, -0.25) is 9.59 Å². The lowest BCUT2D eigenvalue weighted by Gasteiger charge is -2.14. The van der Waals surface area contributed by atoms with E-state index in [0.29, 0.717) is 29.3 Å². The van der Waals surface area contributed by atoms with Crippen LogP contribution in [0.25, 0.3) is 0 Å².